The van der Waals surface area contributed by atoms with E-state index in [0.717, 1.165) is 56.2 Å². The summed E-state index contributed by atoms with van der Waals surface area (Å²) in [5, 5.41) is 10.9. The third kappa shape index (κ3) is 5.35. The Balaban J connectivity index is 1.32. The van der Waals surface area contributed by atoms with Crippen molar-refractivity contribution in [2.24, 2.45) is 0 Å². The van der Waals surface area contributed by atoms with Crippen molar-refractivity contribution < 1.29 is 13.3 Å². The lowest BCUT2D eigenvalue weighted by Crippen LogP contribution is -2.50. The zero-order chi connectivity index (χ0) is 18.3. The quantitative estimate of drug-likeness (QED) is 0.537. The number of furan rings is 3. The highest BCUT2D eigenvalue weighted by Crippen LogP contribution is 2.21. The van der Waals surface area contributed by atoms with Crippen molar-refractivity contribution in [1.29, 1.82) is 0 Å². The van der Waals surface area contributed by atoms with Gasteiger partial charge in [-0.05, 0) is 55.7 Å². The summed E-state index contributed by atoms with van der Waals surface area (Å²) in [5.41, 5.74) is 0. The molecule has 144 valence electrons. The molecule has 0 atom stereocenters. The molecule has 3 aromatic rings. The van der Waals surface area contributed by atoms with Gasteiger partial charge in [0.1, 0.15) is 17.3 Å². The van der Waals surface area contributed by atoms with Crippen molar-refractivity contribution >= 4 is 0 Å². The van der Waals surface area contributed by atoms with Gasteiger partial charge in [-0.3, -0.25) is 0 Å². The predicted molar refractivity (Wildman–Crippen MR) is 102 cm³/mol. The first kappa shape index (κ1) is 18.1. The van der Waals surface area contributed by atoms with E-state index >= 15 is 0 Å². The normalized spacial score (nSPS) is 22.9. The highest BCUT2D eigenvalue weighted by molar-refractivity contribution is 5.02. The highest BCUT2D eigenvalue weighted by Gasteiger charge is 2.28. The fourth-order valence-electron chi connectivity index (χ4n) is 3.79. The van der Waals surface area contributed by atoms with Gasteiger partial charge in [0.2, 0.25) is 0 Å². The molecule has 1 saturated carbocycles. The Morgan fingerprint density at radius 3 is 1.19 bits per heavy atom. The Morgan fingerprint density at radius 2 is 0.926 bits per heavy atom. The van der Waals surface area contributed by atoms with Gasteiger partial charge in [-0.15, -0.1) is 0 Å². The summed E-state index contributed by atoms with van der Waals surface area (Å²) in [7, 11) is 0. The number of nitrogens with one attached hydrogen (secondary N) is 3. The van der Waals surface area contributed by atoms with Crippen LogP contribution in [0.2, 0.25) is 0 Å². The van der Waals surface area contributed by atoms with E-state index in [1.807, 2.05) is 36.4 Å². The lowest BCUT2D eigenvalue weighted by molar-refractivity contribution is 0.237. The maximum absolute atomic E-state index is 5.45. The number of hydrogen-bond acceptors (Lipinski definition) is 6. The van der Waals surface area contributed by atoms with Crippen molar-refractivity contribution in [3.63, 3.8) is 0 Å². The van der Waals surface area contributed by atoms with Gasteiger partial charge in [0.15, 0.2) is 0 Å². The molecule has 3 N–H and O–H groups in total. The second-order valence-electron chi connectivity index (χ2n) is 7.18. The van der Waals surface area contributed by atoms with Crippen LogP contribution in [0.3, 0.4) is 0 Å². The van der Waals surface area contributed by atoms with Gasteiger partial charge in [-0.1, -0.05) is 0 Å². The monoisotopic (exact) mass is 369 g/mol. The standard InChI is InChI=1S/C21H27N3O3/c1-4-19(25-7-1)13-22-16-10-17(23-14-20-5-2-8-26-20)12-18(11-16)24-15-21-6-3-9-27-21/h1-9,16-18,22-24H,10-15H2. The molecule has 0 radical (unpaired) electrons. The van der Waals surface area contributed by atoms with Crippen LogP contribution in [0, 0.1) is 0 Å². The molecule has 0 unspecified atom stereocenters. The van der Waals surface area contributed by atoms with Crippen LogP contribution in [0.5, 0.6) is 0 Å². The molecular weight excluding hydrogens is 342 g/mol. The SMILES string of the molecule is c1coc(CNC2CC(NCc3ccco3)CC(NCc3ccco3)C2)c1. The van der Waals surface area contributed by atoms with Crippen LogP contribution in [0.15, 0.2) is 68.4 Å². The molecule has 4 rings (SSSR count). The smallest absolute Gasteiger partial charge is 0.117 e. The Labute approximate surface area is 159 Å². The summed E-state index contributed by atoms with van der Waals surface area (Å²) in [6.07, 6.45) is 8.42. The average Bonchev–Trinajstić information content (AvgIpc) is 3.46. The molecule has 3 heterocycles. The van der Waals surface area contributed by atoms with Gasteiger partial charge in [0.05, 0.1) is 38.4 Å². The number of rotatable bonds is 9. The van der Waals surface area contributed by atoms with Crippen molar-refractivity contribution in [1.82, 2.24) is 16.0 Å². The lowest BCUT2D eigenvalue weighted by atomic mass is 9.86. The maximum atomic E-state index is 5.45. The predicted octanol–water partition coefficient (Wildman–Crippen LogP) is 3.42. The Hall–Kier alpha value is -2.28. The first-order chi connectivity index (χ1) is 13.3. The van der Waals surface area contributed by atoms with E-state index in [2.05, 4.69) is 16.0 Å². The molecule has 0 aliphatic heterocycles. The van der Waals surface area contributed by atoms with E-state index in [9.17, 15) is 0 Å². The summed E-state index contributed by atoms with van der Waals surface area (Å²) in [4.78, 5) is 0. The summed E-state index contributed by atoms with van der Waals surface area (Å²) in [6.45, 7) is 2.27. The van der Waals surface area contributed by atoms with Crippen LogP contribution in [-0.4, -0.2) is 18.1 Å². The molecule has 0 aromatic carbocycles. The van der Waals surface area contributed by atoms with Gasteiger partial charge >= 0.3 is 0 Å². The minimum atomic E-state index is 0.423. The second-order valence-corrected chi connectivity index (χ2v) is 7.18. The van der Waals surface area contributed by atoms with Crippen molar-refractivity contribution in [3.8, 4) is 0 Å². The molecule has 6 nitrogen and oxygen atoms in total. The fourth-order valence-corrected chi connectivity index (χ4v) is 3.79. The number of hydrogen-bond donors (Lipinski definition) is 3. The van der Waals surface area contributed by atoms with Crippen molar-refractivity contribution in [2.75, 3.05) is 0 Å². The van der Waals surface area contributed by atoms with Gasteiger partial charge in [0, 0.05) is 18.1 Å². The first-order valence-electron chi connectivity index (χ1n) is 9.62. The zero-order valence-corrected chi connectivity index (χ0v) is 15.4. The van der Waals surface area contributed by atoms with E-state index in [0.29, 0.717) is 18.1 Å². The second kappa shape index (κ2) is 9.08. The fraction of sp³-hybridized carbons (Fsp3) is 0.429. The van der Waals surface area contributed by atoms with Crippen molar-refractivity contribution in [2.45, 2.75) is 57.0 Å². The molecule has 0 bridgehead atoms. The largest absolute Gasteiger partial charge is 0.468 e. The van der Waals surface area contributed by atoms with E-state index in [4.69, 9.17) is 13.3 Å². The molecule has 0 saturated heterocycles. The van der Waals surface area contributed by atoms with Crippen LogP contribution in [0.4, 0.5) is 0 Å². The van der Waals surface area contributed by atoms with Crippen molar-refractivity contribution in [3.05, 3.63) is 72.5 Å². The van der Waals surface area contributed by atoms with Crippen LogP contribution >= 0.6 is 0 Å². The van der Waals surface area contributed by atoms with Crippen LogP contribution in [-0.2, 0) is 19.6 Å². The Morgan fingerprint density at radius 1 is 0.593 bits per heavy atom. The molecule has 1 aliphatic carbocycles. The van der Waals surface area contributed by atoms with Crippen LogP contribution in [0.1, 0.15) is 36.5 Å². The topological polar surface area (TPSA) is 75.5 Å². The third-order valence-corrected chi connectivity index (χ3v) is 5.14. The van der Waals surface area contributed by atoms with E-state index in [-0.39, 0.29) is 0 Å². The zero-order valence-electron chi connectivity index (χ0n) is 15.4. The molecule has 3 aromatic heterocycles. The molecule has 1 aliphatic rings. The minimum absolute atomic E-state index is 0.423. The minimum Gasteiger partial charge on any atom is -0.468 e. The average molecular weight is 369 g/mol. The van der Waals surface area contributed by atoms with Gasteiger partial charge in [0.25, 0.3) is 0 Å². The molecule has 0 amide bonds. The first-order valence-corrected chi connectivity index (χ1v) is 9.62. The van der Waals surface area contributed by atoms with E-state index in [1.54, 1.807) is 18.8 Å². The Bertz CT molecular complexity index is 642. The molecule has 27 heavy (non-hydrogen) atoms. The molecule has 1 fully saturated rings. The summed E-state index contributed by atoms with van der Waals surface area (Å²) in [6, 6.07) is 13.1. The van der Waals surface area contributed by atoms with Gasteiger partial charge in [-0.25, -0.2) is 0 Å². The molecule has 6 heteroatoms. The molecule has 0 spiro atoms. The maximum Gasteiger partial charge on any atom is 0.117 e. The lowest BCUT2D eigenvalue weighted by Gasteiger charge is -2.36. The van der Waals surface area contributed by atoms with E-state index < -0.39 is 0 Å². The van der Waals surface area contributed by atoms with Gasteiger partial charge < -0.3 is 29.2 Å². The van der Waals surface area contributed by atoms with Crippen LogP contribution in [0.25, 0.3) is 0 Å². The third-order valence-electron chi connectivity index (χ3n) is 5.14. The summed E-state index contributed by atoms with van der Waals surface area (Å²) in [5.74, 6) is 2.92. The Kier molecular flexibility index (Phi) is 6.09. The summed E-state index contributed by atoms with van der Waals surface area (Å²) < 4.78 is 16.4. The highest BCUT2D eigenvalue weighted by atomic mass is 16.3. The van der Waals surface area contributed by atoms with Crippen LogP contribution < -0.4 is 16.0 Å². The molecular formula is C21H27N3O3. The van der Waals surface area contributed by atoms with E-state index in [1.165, 1.54) is 0 Å². The summed E-state index contributed by atoms with van der Waals surface area (Å²) >= 11 is 0. The van der Waals surface area contributed by atoms with Gasteiger partial charge in [-0.2, -0.15) is 0 Å².